The van der Waals surface area contributed by atoms with Crippen molar-refractivity contribution in [2.24, 2.45) is 0 Å². The van der Waals surface area contributed by atoms with E-state index in [0.717, 1.165) is 11.6 Å². The molecule has 0 spiro atoms. The molecule has 0 radical (unpaired) electrons. The van der Waals surface area contributed by atoms with Crippen molar-refractivity contribution in [1.82, 2.24) is 15.3 Å². The number of benzene rings is 1. The number of nitrogens with two attached hydrogens (primary N) is 1. The van der Waals surface area contributed by atoms with Crippen LogP contribution in [0.1, 0.15) is 24.0 Å². The van der Waals surface area contributed by atoms with Gasteiger partial charge < -0.3 is 15.8 Å². The number of aromatic nitrogens is 2. The molecular weight excluding hydrogens is 290 g/mol. The molecule has 2 rings (SSSR count). The lowest BCUT2D eigenvalue weighted by Gasteiger charge is -2.15. The molecule has 0 fully saturated rings. The Kier molecular flexibility index (Phi) is 5.21. The maximum absolute atomic E-state index is 13.2. The van der Waals surface area contributed by atoms with E-state index in [1.165, 1.54) is 19.5 Å². The van der Waals surface area contributed by atoms with Crippen LogP contribution in [0.5, 0.6) is 5.88 Å². The van der Waals surface area contributed by atoms with Gasteiger partial charge in [0.2, 0.25) is 5.88 Å². The van der Waals surface area contributed by atoms with E-state index in [1.807, 2.05) is 6.92 Å². The summed E-state index contributed by atoms with van der Waals surface area (Å²) in [6.45, 7) is 2.90. The maximum atomic E-state index is 13.2. The lowest BCUT2D eigenvalue weighted by atomic mass is 10.0. The third-order valence-corrected chi connectivity index (χ3v) is 3.40. The van der Waals surface area contributed by atoms with Gasteiger partial charge >= 0.3 is 0 Å². The number of methoxy groups -OCH3 is 1. The van der Waals surface area contributed by atoms with Crippen LogP contribution in [-0.4, -0.2) is 23.6 Å². The number of ether oxygens (including phenoxy) is 1. The van der Waals surface area contributed by atoms with Crippen LogP contribution in [0.2, 0.25) is 0 Å². The fourth-order valence-corrected chi connectivity index (χ4v) is 2.10. The Morgan fingerprint density at radius 2 is 2.05 bits per heavy atom. The zero-order valence-electron chi connectivity index (χ0n) is 12.4. The van der Waals surface area contributed by atoms with Gasteiger partial charge in [0.1, 0.15) is 12.1 Å². The average molecular weight is 308 g/mol. The highest BCUT2D eigenvalue weighted by Crippen LogP contribution is 2.20. The Morgan fingerprint density at radius 3 is 2.73 bits per heavy atom. The first-order valence-electron chi connectivity index (χ1n) is 6.82. The van der Waals surface area contributed by atoms with Gasteiger partial charge in [0.05, 0.1) is 12.7 Å². The molecule has 118 valence electrons. The SMILES string of the molecule is COc1ncnc(N)c1CNC[C@H](C)c1ccc(F)c(F)c1. The summed E-state index contributed by atoms with van der Waals surface area (Å²) < 4.78 is 31.3. The highest BCUT2D eigenvalue weighted by atomic mass is 19.2. The van der Waals surface area contributed by atoms with Gasteiger partial charge in [-0.05, 0) is 23.6 Å². The molecule has 22 heavy (non-hydrogen) atoms. The highest BCUT2D eigenvalue weighted by molar-refractivity contribution is 5.44. The first kappa shape index (κ1) is 16.1. The zero-order valence-corrected chi connectivity index (χ0v) is 12.4. The molecule has 0 aliphatic carbocycles. The molecule has 0 saturated heterocycles. The molecule has 0 unspecified atom stereocenters. The molecule has 0 amide bonds. The minimum atomic E-state index is -0.845. The van der Waals surface area contributed by atoms with Crippen molar-refractivity contribution < 1.29 is 13.5 Å². The van der Waals surface area contributed by atoms with Crippen molar-refractivity contribution in [3.63, 3.8) is 0 Å². The van der Waals surface area contributed by atoms with Crippen LogP contribution in [-0.2, 0) is 6.54 Å². The van der Waals surface area contributed by atoms with Crippen molar-refractivity contribution in [3.05, 3.63) is 47.3 Å². The normalized spacial score (nSPS) is 12.2. The molecule has 1 atom stereocenters. The summed E-state index contributed by atoms with van der Waals surface area (Å²) in [5, 5.41) is 3.19. The number of hydrogen-bond donors (Lipinski definition) is 2. The predicted molar refractivity (Wildman–Crippen MR) is 79.5 cm³/mol. The third-order valence-electron chi connectivity index (χ3n) is 3.40. The minimum Gasteiger partial charge on any atom is -0.481 e. The molecule has 2 aromatic rings. The number of rotatable bonds is 6. The first-order chi connectivity index (χ1) is 10.5. The van der Waals surface area contributed by atoms with Gasteiger partial charge in [-0.15, -0.1) is 0 Å². The summed E-state index contributed by atoms with van der Waals surface area (Å²) in [5.74, 6) is -0.915. The van der Waals surface area contributed by atoms with E-state index in [-0.39, 0.29) is 5.92 Å². The van der Waals surface area contributed by atoms with Crippen LogP contribution < -0.4 is 15.8 Å². The Balaban J connectivity index is 1.97. The monoisotopic (exact) mass is 308 g/mol. The van der Waals surface area contributed by atoms with Gasteiger partial charge in [-0.25, -0.2) is 18.7 Å². The van der Waals surface area contributed by atoms with Crippen LogP contribution in [0.15, 0.2) is 24.5 Å². The van der Waals surface area contributed by atoms with E-state index in [2.05, 4.69) is 15.3 Å². The second kappa shape index (κ2) is 7.13. The van der Waals surface area contributed by atoms with Crippen molar-refractivity contribution >= 4 is 5.82 Å². The third kappa shape index (κ3) is 3.67. The molecular formula is C15H18F2N4O. The standard InChI is InChI=1S/C15H18F2N4O/c1-9(10-3-4-12(16)13(17)5-10)6-19-7-11-14(18)20-8-21-15(11)22-2/h3-5,8-9,19H,6-7H2,1-2H3,(H2,18,20,21)/t9-/m0/s1. The highest BCUT2D eigenvalue weighted by Gasteiger charge is 2.12. The Labute approximate surface area is 127 Å². The van der Waals surface area contributed by atoms with Crippen LogP contribution in [0.4, 0.5) is 14.6 Å². The molecule has 5 nitrogen and oxygen atoms in total. The van der Waals surface area contributed by atoms with Gasteiger partial charge in [-0.2, -0.15) is 0 Å². The number of nitrogen functional groups attached to an aromatic ring is 1. The Morgan fingerprint density at radius 1 is 1.27 bits per heavy atom. The van der Waals surface area contributed by atoms with Crippen molar-refractivity contribution in [3.8, 4) is 5.88 Å². The molecule has 1 aromatic heterocycles. The second-order valence-electron chi connectivity index (χ2n) is 4.95. The molecule has 7 heteroatoms. The molecule has 1 aromatic carbocycles. The summed E-state index contributed by atoms with van der Waals surface area (Å²) >= 11 is 0. The number of nitrogens with zero attached hydrogens (tertiary/aromatic N) is 2. The van der Waals surface area contributed by atoms with E-state index in [0.29, 0.717) is 30.4 Å². The molecule has 1 heterocycles. The average Bonchev–Trinajstić information content (AvgIpc) is 2.51. The van der Waals surface area contributed by atoms with E-state index < -0.39 is 11.6 Å². The quantitative estimate of drug-likeness (QED) is 0.856. The first-order valence-corrected chi connectivity index (χ1v) is 6.82. The number of anilines is 1. The lowest BCUT2D eigenvalue weighted by Crippen LogP contribution is -2.21. The summed E-state index contributed by atoms with van der Waals surface area (Å²) in [6, 6.07) is 3.92. The van der Waals surface area contributed by atoms with E-state index >= 15 is 0 Å². The topological polar surface area (TPSA) is 73.1 Å². The summed E-state index contributed by atoms with van der Waals surface area (Å²) in [5.41, 5.74) is 7.19. The van der Waals surface area contributed by atoms with Crippen LogP contribution in [0.3, 0.4) is 0 Å². The van der Waals surface area contributed by atoms with Crippen molar-refractivity contribution in [1.29, 1.82) is 0 Å². The largest absolute Gasteiger partial charge is 0.481 e. The fourth-order valence-electron chi connectivity index (χ4n) is 2.10. The second-order valence-corrected chi connectivity index (χ2v) is 4.95. The van der Waals surface area contributed by atoms with Gasteiger partial charge in [-0.1, -0.05) is 13.0 Å². The van der Waals surface area contributed by atoms with E-state index in [4.69, 9.17) is 10.5 Å². The maximum Gasteiger partial charge on any atom is 0.222 e. The molecule has 0 saturated carbocycles. The molecule has 0 aliphatic rings. The Bertz CT molecular complexity index is 651. The van der Waals surface area contributed by atoms with Crippen LogP contribution in [0, 0.1) is 11.6 Å². The van der Waals surface area contributed by atoms with Gasteiger partial charge in [0.25, 0.3) is 0 Å². The molecule has 0 bridgehead atoms. The van der Waals surface area contributed by atoms with Gasteiger partial charge in [0.15, 0.2) is 11.6 Å². The van der Waals surface area contributed by atoms with Gasteiger partial charge in [0, 0.05) is 13.1 Å². The van der Waals surface area contributed by atoms with Crippen LogP contribution >= 0.6 is 0 Å². The van der Waals surface area contributed by atoms with Crippen molar-refractivity contribution in [2.45, 2.75) is 19.4 Å². The lowest BCUT2D eigenvalue weighted by molar-refractivity contribution is 0.389. The Hall–Kier alpha value is -2.28. The van der Waals surface area contributed by atoms with Crippen molar-refractivity contribution in [2.75, 3.05) is 19.4 Å². The summed E-state index contributed by atoms with van der Waals surface area (Å²) in [6.07, 6.45) is 1.33. The fraction of sp³-hybridized carbons (Fsp3) is 0.333. The molecule has 3 N–H and O–H groups in total. The zero-order chi connectivity index (χ0) is 16.1. The number of halogens is 2. The summed E-state index contributed by atoms with van der Waals surface area (Å²) in [4.78, 5) is 7.91. The molecule has 0 aliphatic heterocycles. The van der Waals surface area contributed by atoms with E-state index in [9.17, 15) is 8.78 Å². The number of nitrogens with one attached hydrogen (secondary N) is 1. The predicted octanol–water partition coefficient (Wildman–Crippen LogP) is 2.24. The number of hydrogen-bond acceptors (Lipinski definition) is 5. The van der Waals surface area contributed by atoms with Gasteiger partial charge in [-0.3, -0.25) is 0 Å². The van der Waals surface area contributed by atoms with Crippen LogP contribution in [0.25, 0.3) is 0 Å². The summed E-state index contributed by atoms with van der Waals surface area (Å²) in [7, 11) is 1.51. The minimum absolute atomic E-state index is 0.00644. The smallest absolute Gasteiger partial charge is 0.222 e. The van der Waals surface area contributed by atoms with E-state index in [1.54, 1.807) is 6.07 Å².